The third-order valence-corrected chi connectivity index (χ3v) is 5.75. The highest BCUT2D eigenvalue weighted by Crippen LogP contribution is 2.36. The Morgan fingerprint density at radius 3 is 2.41 bits per heavy atom. The SMILES string of the molecule is CC(=O)N[C@@H]1[C@H](OCc2ccccc2)O[C@H]2CO[C@H](c3ccccc3)O[C@H]2[C@H]1O[C@H](C)C(=O)O. The van der Waals surface area contributed by atoms with Crippen LogP contribution in [0, 0.1) is 0 Å². The lowest BCUT2D eigenvalue weighted by Crippen LogP contribution is -2.67. The van der Waals surface area contributed by atoms with Crippen LogP contribution in [0.1, 0.15) is 31.3 Å². The van der Waals surface area contributed by atoms with Crippen LogP contribution >= 0.6 is 0 Å². The van der Waals surface area contributed by atoms with Gasteiger partial charge in [-0.25, -0.2) is 4.79 Å². The first-order chi connectivity index (χ1) is 16.4. The van der Waals surface area contributed by atoms with E-state index in [-0.39, 0.29) is 19.1 Å². The van der Waals surface area contributed by atoms with Gasteiger partial charge in [-0.15, -0.1) is 0 Å². The van der Waals surface area contributed by atoms with Crippen molar-refractivity contribution in [3.8, 4) is 0 Å². The number of ether oxygens (including phenoxy) is 5. The fourth-order valence-corrected chi connectivity index (χ4v) is 4.09. The van der Waals surface area contributed by atoms with Gasteiger partial charge in [-0.05, 0) is 12.5 Å². The van der Waals surface area contributed by atoms with Crippen molar-refractivity contribution in [3.63, 3.8) is 0 Å². The molecule has 4 rings (SSSR count). The van der Waals surface area contributed by atoms with E-state index < -0.39 is 49.0 Å². The van der Waals surface area contributed by atoms with E-state index in [1.165, 1.54) is 13.8 Å². The molecule has 2 saturated heterocycles. The van der Waals surface area contributed by atoms with Gasteiger partial charge in [0.15, 0.2) is 18.7 Å². The number of carbonyl (C=O) groups excluding carboxylic acids is 1. The van der Waals surface area contributed by atoms with Crippen LogP contribution in [0.15, 0.2) is 60.7 Å². The van der Waals surface area contributed by atoms with Gasteiger partial charge in [0.25, 0.3) is 0 Å². The van der Waals surface area contributed by atoms with Crippen LogP contribution in [0.2, 0.25) is 0 Å². The van der Waals surface area contributed by atoms with Crippen molar-refractivity contribution < 1.29 is 38.4 Å². The first kappa shape index (κ1) is 24.3. The molecular formula is C25H29NO8. The molecule has 2 aromatic rings. The highest BCUT2D eigenvalue weighted by Gasteiger charge is 2.52. The van der Waals surface area contributed by atoms with Gasteiger partial charge in [-0.2, -0.15) is 0 Å². The van der Waals surface area contributed by atoms with Crippen molar-refractivity contribution in [3.05, 3.63) is 71.8 Å². The topological polar surface area (TPSA) is 113 Å². The Bertz CT molecular complexity index is 956. The van der Waals surface area contributed by atoms with Crippen LogP contribution in [0.4, 0.5) is 0 Å². The van der Waals surface area contributed by atoms with Crippen molar-refractivity contribution >= 4 is 11.9 Å². The van der Waals surface area contributed by atoms with E-state index in [1.54, 1.807) is 0 Å². The maximum absolute atomic E-state index is 12.1. The first-order valence-corrected chi connectivity index (χ1v) is 11.2. The summed E-state index contributed by atoms with van der Waals surface area (Å²) in [6.07, 6.45) is -4.87. The predicted molar refractivity (Wildman–Crippen MR) is 119 cm³/mol. The summed E-state index contributed by atoms with van der Waals surface area (Å²) < 4.78 is 30.3. The molecule has 7 atom stereocenters. The summed E-state index contributed by atoms with van der Waals surface area (Å²) in [6, 6.07) is 18.1. The third-order valence-electron chi connectivity index (χ3n) is 5.75. The molecule has 2 fully saturated rings. The van der Waals surface area contributed by atoms with Crippen LogP contribution < -0.4 is 5.32 Å². The number of benzene rings is 2. The van der Waals surface area contributed by atoms with Crippen molar-refractivity contribution in [2.45, 2.75) is 63.5 Å². The number of amides is 1. The van der Waals surface area contributed by atoms with Crippen molar-refractivity contribution in [1.82, 2.24) is 5.32 Å². The largest absolute Gasteiger partial charge is 0.479 e. The van der Waals surface area contributed by atoms with Gasteiger partial charge in [0.05, 0.1) is 13.2 Å². The molecule has 1 amide bonds. The summed E-state index contributed by atoms with van der Waals surface area (Å²) in [7, 11) is 0. The quantitative estimate of drug-likeness (QED) is 0.604. The lowest BCUT2D eigenvalue weighted by molar-refractivity contribution is -0.351. The minimum Gasteiger partial charge on any atom is -0.479 e. The third kappa shape index (κ3) is 5.81. The molecule has 9 heteroatoms. The molecule has 0 spiro atoms. The zero-order valence-corrected chi connectivity index (χ0v) is 19.0. The van der Waals surface area contributed by atoms with Crippen molar-refractivity contribution in [2.75, 3.05) is 6.61 Å². The summed E-state index contributed by atoms with van der Waals surface area (Å²) in [5.41, 5.74) is 1.73. The number of rotatable bonds is 8. The lowest BCUT2D eigenvalue weighted by Gasteiger charge is -2.49. The maximum atomic E-state index is 12.1. The minimum absolute atomic E-state index is 0.184. The number of carbonyl (C=O) groups is 2. The molecule has 2 aliphatic rings. The van der Waals surface area contributed by atoms with Crippen molar-refractivity contribution in [2.24, 2.45) is 0 Å². The fraction of sp³-hybridized carbons (Fsp3) is 0.440. The van der Waals surface area contributed by atoms with Gasteiger partial charge in [0.1, 0.15) is 24.4 Å². The minimum atomic E-state index is -1.14. The van der Waals surface area contributed by atoms with Crippen LogP contribution in [0.25, 0.3) is 0 Å². The van der Waals surface area contributed by atoms with E-state index in [0.29, 0.717) is 0 Å². The number of carboxylic acid groups (broad SMARTS) is 1. The Kier molecular flexibility index (Phi) is 7.91. The number of hydrogen-bond acceptors (Lipinski definition) is 7. The van der Waals surface area contributed by atoms with Crippen LogP contribution in [-0.4, -0.2) is 60.3 Å². The molecule has 0 unspecified atom stereocenters. The van der Waals surface area contributed by atoms with Gasteiger partial charge in [-0.1, -0.05) is 60.7 Å². The molecule has 2 heterocycles. The van der Waals surface area contributed by atoms with Crippen molar-refractivity contribution in [1.29, 1.82) is 0 Å². The molecule has 34 heavy (non-hydrogen) atoms. The Morgan fingerprint density at radius 2 is 1.76 bits per heavy atom. The van der Waals surface area contributed by atoms with Gasteiger partial charge in [0.2, 0.25) is 5.91 Å². The average molecular weight is 472 g/mol. The second kappa shape index (κ2) is 11.1. The summed E-state index contributed by atoms with van der Waals surface area (Å²) in [5, 5.41) is 12.3. The molecular weight excluding hydrogens is 442 g/mol. The van der Waals surface area contributed by atoms with Crippen LogP contribution in [0.5, 0.6) is 0 Å². The molecule has 2 aliphatic heterocycles. The Balaban J connectivity index is 1.59. The van der Waals surface area contributed by atoms with Gasteiger partial charge < -0.3 is 34.1 Å². The summed E-state index contributed by atoms with van der Waals surface area (Å²) >= 11 is 0. The zero-order valence-electron chi connectivity index (χ0n) is 19.0. The second-order valence-electron chi connectivity index (χ2n) is 8.32. The molecule has 2 aromatic carbocycles. The van der Waals surface area contributed by atoms with Gasteiger partial charge in [0, 0.05) is 12.5 Å². The summed E-state index contributed by atoms with van der Waals surface area (Å²) in [5.74, 6) is -1.46. The second-order valence-corrected chi connectivity index (χ2v) is 8.32. The molecule has 2 N–H and O–H groups in total. The zero-order chi connectivity index (χ0) is 24.1. The smallest absolute Gasteiger partial charge is 0.332 e. The van der Waals surface area contributed by atoms with E-state index in [2.05, 4.69) is 5.32 Å². The highest BCUT2D eigenvalue weighted by molar-refractivity contribution is 5.73. The molecule has 0 aliphatic carbocycles. The van der Waals surface area contributed by atoms with E-state index in [1.807, 2.05) is 60.7 Å². The standard InChI is InChI=1S/C25H29NO8/c1-15(23(28)29)32-22-20(26-16(2)27)25(30-13-17-9-5-3-6-10-17)33-19-14-31-24(34-21(19)22)18-11-7-4-8-12-18/h3-12,15,19-22,24-25H,13-14H2,1-2H3,(H,26,27)(H,28,29)/t15-,19+,20+,21-,22+,24+,25-/m1/s1. The Hall–Kier alpha value is -2.82. The molecule has 0 aromatic heterocycles. The summed E-state index contributed by atoms with van der Waals surface area (Å²) in [6.45, 7) is 3.22. The first-order valence-electron chi connectivity index (χ1n) is 11.2. The maximum Gasteiger partial charge on any atom is 0.332 e. The Labute approximate surface area is 197 Å². The highest BCUT2D eigenvalue weighted by atomic mass is 16.8. The fourth-order valence-electron chi connectivity index (χ4n) is 4.09. The number of fused-ring (bicyclic) bond motifs is 1. The molecule has 0 bridgehead atoms. The molecule has 182 valence electrons. The Morgan fingerprint density at radius 1 is 1.09 bits per heavy atom. The predicted octanol–water partition coefficient (Wildman–Crippen LogP) is 2.41. The summed E-state index contributed by atoms with van der Waals surface area (Å²) in [4.78, 5) is 23.7. The number of aliphatic carboxylic acids is 1. The average Bonchev–Trinajstić information content (AvgIpc) is 2.84. The molecule has 0 saturated carbocycles. The van der Waals surface area contributed by atoms with E-state index in [0.717, 1.165) is 11.1 Å². The van der Waals surface area contributed by atoms with Crippen LogP contribution in [-0.2, 0) is 39.9 Å². The van der Waals surface area contributed by atoms with E-state index in [4.69, 9.17) is 23.7 Å². The van der Waals surface area contributed by atoms with Gasteiger partial charge in [-0.3, -0.25) is 4.79 Å². The number of hydrogen-bond donors (Lipinski definition) is 2. The monoisotopic (exact) mass is 471 g/mol. The van der Waals surface area contributed by atoms with E-state index >= 15 is 0 Å². The van der Waals surface area contributed by atoms with E-state index in [9.17, 15) is 14.7 Å². The molecule has 0 radical (unpaired) electrons. The van der Waals surface area contributed by atoms with Gasteiger partial charge >= 0.3 is 5.97 Å². The lowest BCUT2D eigenvalue weighted by atomic mass is 9.95. The normalized spacial score (nSPS) is 29.6. The number of carboxylic acids is 1. The molecule has 9 nitrogen and oxygen atoms in total. The van der Waals surface area contributed by atoms with Crippen LogP contribution in [0.3, 0.4) is 0 Å². The number of nitrogens with one attached hydrogen (secondary N) is 1.